The molecule has 1 rings (SSSR count). The molecule has 0 aliphatic rings. The van der Waals surface area contributed by atoms with Gasteiger partial charge in [0.25, 0.3) is 0 Å². The van der Waals surface area contributed by atoms with Gasteiger partial charge >= 0.3 is 0 Å². The van der Waals surface area contributed by atoms with Crippen molar-refractivity contribution in [2.45, 2.75) is 31.1 Å². The van der Waals surface area contributed by atoms with Gasteiger partial charge in [-0.1, -0.05) is 12.1 Å². The second kappa shape index (κ2) is 4.93. The lowest BCUT2D eigenvalue weighted by atomic mass is 9.96. The average Bonchev–Trinajstić information content (AvgIpc) is 2.23. The molecule has 6 heteroatoms. The van der Waals surface area contributed by atoms with E-state index in [4.69, 9.17) is 5.73 Å². The van der Waals surface area contributed by atoms with E-state index in [1.807, 2.05) is 0 Å². The normalized spacial score (nSPS) is 14.6. The third-order valence-corrected chi connectivity index (χ3v) is 5.53. The predicted octanol–water partition coefficient (Wildman–Crippen LogP) is 1.66. The van der Waals surface area contributed by atoms with E-state index < -0.39 is 32.3 Å². The van der Waals surface area contributed by atoms with Crippen LogP contribution < -0.4 is 5.73 Å². The van der Waals surface area contributed by atoms with E-state index in [1.54, 1.807) is 0 Å². The Morgan fingerprint density at radius 2 is 1.89 bits per heavy atom. The Kier molecular flexibility index (Phi) is 4.12. The number of hydrogen-bond acceptors (Lipinski definition) is 3. The van der Waals surface area contributed by atoms with Crippen LogP contribution in [0, 0.1) is 11.6 Å². The third kappa shape index (κ3) is 2.87. The van der Waals surface area contributed by atoms with Crippen molar-refractivity contribution >= 4 is 9.84 Å². The highest BCUT2D eigenvalue weighted by atomic mass is 32.2. The van der Waals surface area contributed by atoms with Gasteiger partial charge in [-0.3, -0.25) is 0 Å². The van der Waals surface area contributed by atoms with E-state index in [-0.39, 0.29) is 12.0 Å². The van der Waals surface area contributed by atoms with Crippen LogP contribution in [0.1, 0.15) is 19.4 Å². The summed E-state index contributed by atoms with van der Waals surface area (Å²) in [6, 6.07) is 2.96. The van der Waals surface area contributed by atoms with E-state index in [2.05, 4.69) is 0 Å². The summed E-state index contributed by atoms with van der Waals surface area (Å²) in [4.78, 5) is 0. The summed E-state index contributed by atoms with van der Waals surface area (Å²) in [7, 11) is -3.39. The van der Waals surface area contributed by atoms with Gasteiger partial charge in [0.05, 0.1) is 4.75 Å². The van der Waals surface area contributed by atoms with Crippen molar-refractivity contribution in [3.63, 3.8) is 0 Å². The summed E-state index contributed by atoms with van der Waals surface area (Å²) < 4.78 is 48.5. The van der Waals surface area contributed by atoms with Gasteiger partial charge in [0.2, 0.25) is 0 Å². The lowest BCUT2D eigenvalue weighted by molar-refractivity contribution is 0.460. The van der Waals surface area contributed by atoms with Crippen LogP contribution in [0.3, 0.4) is 0 Å². The summed E-state index contributed by atoms with van der Waals surface area (Å²) in [6.45, 7) is 2.95. The van der Waals surface area contributed by atoms with Crippen LogP contribution in [-0.2, 0) is 16.3 Å². The first-order chi connectivity index (χ1) is 8.07. The molecule has 1 aromatic rings. The minimum absolute atomic E-state index is 0.0380. The molecule has 2 N–H and O–H groups in total. The second-order valence-electron chi connectivity index (χ2n) is 4.90. The molecule has 0 heterocycles. The first-order valence-corrected chi connectivity index (χ1v) is 7.34. The Balaban J connectivity index is 3.02. The highest BCUT2D eigenvalue weighted by Crippen LogP contribution is 2.23. The van der Waals surface area contributed by atoms with Gasteiger partial charge in [0, 0.05) is 12.3 Å². The van der Waals surface area contributed by atoms with Gasteiger partial charge in [-0.05, 0) is 31.9 Å². The fraction of sp³-hybridized carbons (Fsp3) is 0.500. The van der Waals surface area contributed by atoms with Crippen molar-refractivity contribution in [1.29, 1.82) is 0 Å². The molecule has 0 radical (unpaired) electrons. The van der Waals surface area contributed by atoms with Crippen LogP contribution in [0.5, 0.6) is 0 Å². The lowest BCUT2D eigenvalue weighted by Crippen LogP contribution is -2.50. The fourth-order valence-corrected chi connectivity index (χ4v) is 2.10. The van der Waals surface area contributed by atoms with Gasteiger partial charge in [0.15, 0.2) is 21.5 Å². The van der Waals surface area contributed by atoms with E-state index >= 15 is 0 Å². The van der Waals surface area contributed by atoms with Gasteiger partial charge < -0.3 is 5.73 Å². The Hall–Kier alpha value is -1.01. The monoisotopic (exact) mass is 277 g/mol. The first-order valence-electron chi connectivity index (χ1n) is 5.45. The Labute approximate surface area is 106 Å². The molecule has 0 bridgehead atoms. The van der Waals surface area contributed by atoms with Crippen molar-refractivity contribution in [3.8, 4) is 0 Å². The molecule has 0 fully saturated rings. The van der Waals surface area contributed by atoms with E-state index in [1.165, 1.54) is 26.0 Å². The van der Waals surface area contributed by atoms with Crippen molar-refractivity contribution in [3.05, 3.63) is 35.4 Å². The summed E-state index contributed by atoms with van der Waals surface area (Å²) in [5.74, 6) is -1.94. The number of nitrogens with two attached hydrogens (primary N) is 1. The topological polar surface area (TPSA) is 60.2 Å². The third-order valence-electron chi connectivity index (χ3n) is 3.32. The largest absolute Gasteiger partial charge is 0.326 e. The molecule has 1 unspecified atom stereocenters. The molecule has 0 saturated carbocycles. The molecule has 0 amide bonds. The highest BCUT2D eigenvalue weighted by Gasteiger charge is 2.37. The van der Waals surface area contributed by atoms with Crippen LogP contribution in [-0.4, -0.2) is 25.5 Å². The zero-order valence-electron chi connectivity index (χ0n) is 10.6. The smallest absolute Gasteiger partial charge is 0.162 e. The summed E-state index contributed by atoms with van der Waals surface area (Å²) in [5, 5.41) is 0. The molecule has 102 valence electrons. The quantitative estimate of drug-likeness (QED) is 0.910. The molecule has 0 spiro atoms. The van der Waals surface area contributed by atoms with Crippen LogP contribution in [0.4, 0.5) is 8.78 Å². The number of hydrogen-bond donors (Lipinski definition) is 1. The number of halogens is 2. The number of rotatable bonds is 4. The first kappa shape index (κ1) is 15.0. The minimum Gasteiger partial charge on any atom is -0.326 e. The zero-order valence-corrected chi connectivity index (χ0v) is 11.4. The lowest BCUT2D eigenvalue weighted by Gasteiger charge is -2.29. The maximum Gasteiger partial charge on any atom is 0.162 e. The summed E-state index contributed by atoms with van der Waals surface area (Å²) >= 11 is 0. The molecule has 18 heavy (non-hydrogen) atoms. The Morgan fingerprint density at radius 1 is 1.33 bits per heavy atom. The van der Waals surface area contributed by atoms with E-state index in [0.717, 1.165) is 12.3 Å². The molecule has 0 aliphatic carbocycles. The van der Waals surface area contributed by atoms with E-state index in [9.17, 15) is 17.2 Å². The van der Waals surface area contributed by atoms with Crippen molar-refractivity contribution in [2.24, 2.45) is 5.73 Å². The molecule has 0 aromatic heterocycles. The van der Waals surface area contributed by atoms with Gasteiger partial charge in [-0.25, -0.2) is 17.2 Å². The van der Waals surface area contributed by atoms with Crippen LogP contribution in [0.2, 0.25) is 0 Å². The Bertz CT molecular complexity index is 541. The number of sulfone groups is 1. The van der Waals surface area contributed by atoms with Crippen molar-refractivity contribution in [2.75, 3.05) is 6.26 Å². The molecule has 3 nitrogen and oxygen atoms in total. The predicted molar refractivity (Wildman–Crippen MR) is 67.0 cm³/mol. The van der Waals surface area contributed by atoms with Crippen LogP contribution in [0.15, 0.2) is 18.2 Å². The van der Waals surface area contributed by atoms with Crippen LogP contribution >= 0.6 is 0 Å². The minimum atomic E-state index is -3.39. The summed E-state index contributed by atoms with van der Waals surface area (Å²) in [6.07, 6.45) is 1.04. The summed E-state index contributed by atoms with van der Waals surface area (Å²) in [5.41, 5.74) is 5.90. The molecule has 1 aromatic carbocycles. The number of benzene rings is 1. The maximum atomic E-state index is 13.5. The zero-order chi connectivity index (χ0) is 14.1. The van der Waals surface area contributed by atoms with Crippen molar-refractivity contribution in [1.82, 2.24) is 0 Å². The van der Waals surface area contributed by atoms with Gasteiger partial charge in [0.1, 0.15) is 0 Å². The molecular weight excluding hydrogens is 260 g/mol. The second-order valence-corrected chi connectivity index (χ2v) is 7.50. The molecule has 1 atom stereocenters. The Morgan fingerprint density at radius 3 is 2.39 bits per heavy atom. The van der Waals surface area contributed by atoms with Crippen LogP contribution in [0.25, 0.3) is 0 Å². The SMILES string of the molecule is CC(C)(C(N)Cc1cccc(F)c1F)S(C)(=O)=O. The average molecular weight is 277 g/mol. The van der Waals surface area contributed by atoms with Gasteiger partial charge in [-0.15, -0.1) is 0 Å². The highest BCUT2D eigenvalue weighted by molar-refractivity contribution is 7.92. The molecule has 0 aliphatic heterocycles. The fourth-order valence-electron chi connectivity index (χ4n) is 1.46. The van der Waals surface area contributed by atoms with E-state index in [0.29, 0.717) is 0 Å². The molecule has 0 saturated heterocycles. The van der Waals surface area contributed by atoms with Gasteiger partial charge in [-0.2, -0.15) is 0 Å². The van der Waals surface area contributed by atoms with Crippen molar-refractivity contribution < 1.29 is 17.2 Å². The maximum absolute atomic E-state index is 13.5. The molecular formula is C12H17F2NO2S. The standard InChI is InChI=1S/C12H17F2NO2S/c1-12(2,18(3,16)17)10(15)7-8-5-4-6-9(13)11(8)14/h4-6,10H,7,15H2,1-3H3.